The highest BCUT2D eigenvalue weighted by atomic mass is 32.1. The first kappa shape index (κ1) is 13.0. The highest BCUT2D eigenvalue weighted by molar-refractivity contribution is 7.11. The Morgan fingerprint density at radius 1 is 1.53 bits per heavy atom. The fourth-order valence-corrected chi connectivity index (χ4v) is 3.11. The second-order valence-corrected chi connectivity index (χ2v) is 5.48. The molecule has 4 nitrogen and oxygen atoms in total. The highest BCUT2D eigenvalue weighted by Gasteiger charge is 2.18. The molecular weight excluding hydrogens is 236 g/mol. The van der Waals surface area contributed by atoms with Crippen LogP contribution in [-0.4, -0.2) is 24.8 Å². The second kappa shape index (κ2) is 6.44. The topological polar surface area (TPSA) is 57.4 Å². The molecule has 2 heterocycles. The number of methoxy groups -OCH3 is 1. The van der Waals surface area contributed by atoms with Crippen LogP contribution in [-0.2, 0) is 29.0 Å². The van der Waals surface area contributed by atoms with Gasteiger partial charge in [0.2, 0.25) is 0 Å². The van der Waals surface area contributed by atoms with E-state index in [4.69, 9.17) is 15.2 Å². The van der Waals surface area contributed by atoms with Crippen molar-refractivity contribution in [1.29, 1.82) is 0 Å². The Morgan fingerprint density at radius 3 is 3.06 bits per heavy atom. The summed E-state index contributed by atoms with van der Waals surface area (Å²) in [6.07, 6.45) is 4.87. The van der Waals surface area contributed by atoms with Gasteiger partial charge < -0.3 is 15.2 Å². The van der Waals surface area contributed by atoms with E-state index >= 15 is 0 Å². The Bertz CT molecular complexity index is 348. The van der Waals surface area contributed by atoms with Crippen LogP contribution >= 0.6 is 11.3 Å². The fourth-order valence-electron chi connectivity index (χ4n) is 2.10. The van der Waals surface area contributed by atoms with Gasteiger partial charge >= 0.3 is 0 Å². The lowest BCUT2D eigenvalue weighted by molar-refractivity contribution is 0.0167. The van der Waals surface area contributed by atoms with Crippen LogP contribution in [0, 0.1) is 0 Å². The molecule has 0 saturated carbocycles. The number of nitrogens with zero attached hydrogens (tertiary/aromatic N) is 1. The zero-order chi connectivity index (χ0) is 12.1. The summed E-state index contributed by atoms with van der Waals surface area (Å²) in [5.41, 5.74) is 6.70. The minimum absolute atomic E-state index is 0.343. The normalized spacial score (nSPS) is 20.7. The van der Waals surface area contributed by atoms with Gasteiger partial charge in [-0.05, 0) is 19.3 Å². The minimum Gasteiger partial charge on any atom is -0.378 e. The fraction of sp³-hybridized carbons (Fsp3) is 0.750. The Morgan fingerprint density at radius 2 is 2.41 bits per heavy atom. The van der Waals surface area contributed by atoms with E-state index < -0.39 is 0 Å². The van der Waals surface area contributed by atoms with E-state index in [1.165, 1.54) is 12.8 Å². The maximum Gasteiger partial charge on any atom is 0.0958 e. The molecule has 0 spiro atoms. The third-order valence-electron chi connectivity index (χ3n) is 2.97. The lowest BCUT2D eigenvalue weighted by atomic mass is 10.1. The standard InChI is InChI=1S/C12H20N2O2S/c1-15-8-10-11(7-13)17-12(14-10)6-9-4-2-3-5-16-9/h9H,2-8,13H2,1H3. The second-order valence-electron chi connectivity index (χ2n) is 4.31. The van der Waals surface area contributed by atoms with Gasteiger partial charge in [-0.15, -0.1) is 11.3 Å². The van der Waals surface area contributed by atoms with Crippen molar-refractivity contribution in [3.63, 3.8) is 0 Å². The summed E-state index contributed by atoms with van der Waals surface area (Å²) in [6, 6.07) is 0. The van der Waals surface area contributed by atoms with Gasteiger partial charge in [0, 0.05) is 31.6 Å². The van der Waals surface area contributed by atoms with Crippen LogP contribution in [0.1, 0.15) is 34.8 Å². The zero-order valence-corrected chi connectivity index (χ0v) is 11.1. The molecule has 2 N–H and O–H groups in total. The van der Waals surface area contributed by atoms with E-state index in [-0.39, 0.29) is 0 Å². The van der Waals surface area contributed by atoms with E-state index in [1.807, 2.05) is 0 Å². The van der Waals surface area contributed by atoms with Crippen molar-refractivity contribution in [2.45, 2.75) is 44.9 Å². The van der Waals surface area contributed by atoms with Gasteiger partial charge in [-0.3, -0.25) is 0 Å². The van der Waals surface area contributed by atoms with Crippen molar-refractivity contribution in [3.05, 3.63) is 15.6 Å². The predicted octanol–water partition coefficient (Wildman–Crippen LogP) is 1.86. The average molecular weight is 256 g/mol. The van der Waals surface area contributed by atoms with Crippen molar-refractivity contribution in [1.82, 2.24) is 4.98 Å². The Labute approximate surface area is 106 Å². The molecule has 0 aliphatic carbocycles. The van der Waals surface area contributed by atoms with Gasteiger partial charge in [-0.1, -0.05) is 0 Å². The van der Waals surface area contributed by atoms with Crippen LogP contribution in [0.5, 0.6) is 0 Å². The molecule has 0 amide bonds. The van der Waals surface area contributed by atoms with Crippen molar-refractivity contribution in [3.8, 4) is 0 Å². The van der Waals surface area contributed by atoms with Gasteiger partial charge in [0.25, 0.3) is 0 Å². The summed E-state index contributed by atoms with van der Waals surface area (Å²) in [5.74, 6) is 0. The molecule has 1 atom stereocenters. The van der Waals surface area contributed by atoms with Gasteiger partial charge in [-0.2, -0.15) is 0 Å². The molecule has 5 heteroatoms. The van der Waals surface area contributed by atoms with Crippen molar-refractivity contribution < 1.29 is 9.47 Å². The summed E-state index contributed by atoms with van der Waals surface area (Å²) in [4.78, 5) is 5.74. The zero-order valence-electron chi connectivity index (χ0n) is 10.3. The van der Waals surface area contributed by atoms with E-state index in [0.717, 1.165) is 35.0 Å². The van der Waals surface area contributed by atoms with Gasteiger partial charge in [0.15, 0.2) is 0 Å². The Balaban J connectivity index is 1.99. The molecule has 96 valence electrons. The maximum atomic E-state index is 5.73. The summed E-state index contributed by atoms with van der Waals surface area (Å²) in [7, 11) is 1.68. The van der Waals surface area contributed by atoms with Gasteiger partial charge in [-0.25, -0.2) is 4.98 Å². The number of thiazole rings is 1. The van der Waals surface area contributed by atoms with E-state index in [9.17, 15) is 0 Å². The lowest BCUT2D eigenvalue weighted by Crippen LogP contribution is -2.21. The predicted molar refractivity (Wildman–Crippen MR) is 68.0 cm³/mol. The number of hydrogen-bond acceptors (Lipinski definition) is 5. The summed E-state index contributed by atoms with van der Waals surface area (Å²) < 4.78 is 10.9. The van der Waals surface area contributed by atoms with Crippen LogP contribution in [0.25, 0.3) is 0 Å². The van der Waals surface area contributed by atoms with Gasteiger partial charge in [0.1, 0.15) is 0 Å². The van der Waals surface area contributed by atoms with Crippen LogP contribution in [0.2, 0.25) is 0 Å². The SMILES string of the molecule is COCc1nc(CC2CCCCO2)sc1CN. The molecule has 1 aliphatic rings. The lowest BCUT2D eigenvalue weighted by Gasteiger charge is -2.21. The minimum atomic E-state index is 0.343. The van der Waals surface area contributed by atoms with Crippen LogP contribution in [0.15, 0.2) is 0 Å². The summed E-state index contributed by atoms with van der Waals surface area (Å²) in [5, 5.41) is 1.13. The molecule has 1 fully saturated rings. The molecule has 0 bridgehead atoms. The molecule has 1 aromatic rings. The molecule has 2 rings (SSSR count). The molecule has 1 aromatic heterocycles. The molecular formula is C12H20N2O2S. The quantitative estimate of drug-likeness (QED) is 0.873. The number of aromatic nitrogens is 1. The monoisotopic (exact) mass is 256 g/mol. The van der Waals surface area contributed by atoms with Crippen molar-refractivity contribution in [2.75, 3.05) is 13.7 Å². The highest BCUT2D eigenvalue weighted by Crippen LogP contribution is 2.23. The number of hydrogen-bond donors (Lipinski definition) is 1. The molecule has 17 heavy (non-hydrogen) atoms. The third kappa shape index (κ3) is 3.48. The van der Waals surface area contributed by atoms with Crippen LogP contribution < -0.4 is 5.73 Å². The average Bonchev–Trinajstić information content (AvgIpc) is 2.73. The van der Waals surface area contributed by atoms with Gasteiger partial charge in [0.05, 0.1) is 23.4 Å². The van der Waals surface area contributed by atoms with E-state index in [2.05, 4.69) is 4.98 Å². The van der Waals surface area contributed by atoms with Crippen LogP contribution in [0.3, 0.4) is 0 Å². The Kier molecular flexibility index (Phi) is 4.91. The third-order valence-corrected chi connectivity index (χ3v) is 4.11. The van der Waals surface area contributed by atoms with E-state index in [0.29, 0.717) is 19.3 Å². The molecule has 0 radical (unpaired) electrons. The summed E-state index contributed by atoms with van der Waals surface area (Å²) in [6.45, 7) is 1.99. The van der Waals surface area contributed by atoms with Crippen molar-refractivity contribution in [2.24, 2.45) is 5.73 Å². The number of nitrogens with two attached hydrogens (primary N) is 1. The van der Waals surface area contributed by atoms with Crippen LogP contribution in [0.4, 0.5) is 0 Å². The van der Waals surface area contributed by atoms with Crippen molar-refractivity contribution >= 4 is 11.3 Å². The molecule has 1 unspecified atom stereocenters. The molecule has 0 aromatic carbocycles. The number of rotatable bonds is 5. The first-order valence-electron chi connectivity index (χ1n) is 6.11. The first-order valence-corrected chi connectivity index (χ1v) is 6.93. The Hall–Kier alpha value is -0.490. The number of ether oxygens (including phenoxy) is 2. The maximum absolute atomic E-state index is 5.73. The molecule has 1 aliphatic heterocycles. The molecule has 1 saturated heterocycles. The largest absolute Gasteiger partial charge is 0.378 e. The summed E-state index contributed by atoms with van der Waals surface area (Å²) >= 11 is 1.70. The first-order chi connectivity index (χ1) is 8.33. The van der Waals surface area contributed by atoms with E-state index in [1.54, 1.807) is 18.4 Å². The smallest absolute Gasteiger partial charge is 0.0958 e.